The average Bonchev–Trinajstić information content (AvgIpc) is 2.36. The maximum absolute atomic E-state index is 13.5. The Balaban J connectivity index is 3.00. The number of aryl methyl sites for hydroxylation is 1. The summed E-state index contributed by atoms with van der Waals surface area (Å²) in [5, 5.41) is -0.566. The zero-order chi connectivity index (χ0) is 17.8. The third-order valence-corrected chi connectivity index (χ3v) is 7.11. The molecule has 0 amide bonds. The number of esters is 1. The van der Waals surface area contributed by atoms with E-state index in [-0.39, 0.29) is 18.2 Å². The van der Waals surface area contributed by atoms with Crippen LogP contribution in [0.1, 0.15) is 47.1 Å². The van der Waals surface area contributed by atoms with Gasteiger partial charge in [-0.1, -0.05) is 39.8 Å². The first-order chi connectivity index (χ1) is 10.4. The maximum atomic E-state index is 13.5. The summed E-state index contributed by atoms with van der Waals surface area (Å²) in [5.41, 5.74) is 1.04. The van der Waals surface area contributed by atoms with Gasteiger partial charge >= 0.3 is 5.97 Å². The van der Waals surface area contributed by atoms with Crippen LogP contribution in [0.5, 0.6) is 5.75 Å². The van der Waals surface area contributed by atoms with Crippen molar-refractivity contribution in [2.45, 2.75) is 59.7 Å². The minimum absolute atomic E-state index is 0.163. The van der Waals surface area contributed by atoms with E-state index in [4.69, 9.17) is 9.26 Å². The summed E-state index contributed by atoms with van der Waals surface area (Å²) < 4.78 is 24.6. The maximum Gasteiger partial charge on any atom is 0.309 e. The molecule has 0 aliphatic heterocycles. The lowest BCUT2D eigenvalue weighted by Crippen LogP contribution is -2.28. The second-order valence-corrected chi connectivity index (χ2v) is 10.6. The minimum Gasteiger partial charge on any atom is -0.463 e. The van der Waals surface area contributed by atoms with Crippen LogP contribution in [0, 0.1) is 12.8 Å². The average molecular weight is 340 g/mol. The molecular formula is C18H29O4P. The van der Waals surface area contributed by atoms with Gasteiger partial charge in [0.1, 0.15) is 5.75 Å². The minimum atomic E-state index is -3.10. The molecule has 4 nitrogen and oxygen atoms in total. The van der Waals surface area contributed by atoms with Crippen molar-refractivity contribution in [2.24, 2.45) is 5.92 Å². The van der Waals surface area contributed by atoms with E-state index in [1.54, 1.807) is 26.8 Å². The van der Waals surface area contributed by atoms with Crippen LogP contribution >= 0.6 is 7.37 Å². The first-order valence-electron chi connectivity index (χ1n) is 8.00. The molecule has 23 heavy (non-hydrogen) atoms. The molecule has 1 rings (SSSR count). The smallest absolute Gasteiger partial charge is 0.309 e. The van der Waals surface area contributed by atoms with E-state index < -0.39 is 18.4 Å². The van der Waals surface area contributed by atoms with Gasteiger partial charge in [-0.15, -0.1) is 0 Å². The zero-order valence-electron chi connectivity index (χ0n) is 15.3. The molecule has 0 aromatic heterocycles. The number of ether oxygens (including phenoxy) is 1. The summed E-state index contributed by atoms with van der Waals surface area (Å²) in [4.78, 5) is 12.1. The summed E-state index contributed by atoms with van der Waals surface area (Å²) >= 11 is 0. The monoisotopic (exact) mass is 340 g/mol. The molecule has 130 valence electrons. The van der Waals surface area contributed by atoms with Crippen molar-refractivity contribution in [3.8, 4) is 5.75 Å². The van der Waals surface area contributed by atoms with Crippen LogP contribution in [0.2, 0.25) is 0 Å². The molecule has 5 heteroatoms. The van der Waals surface area contributed by atoms with E-state index in [2.05, 4.69) is 0 Å². The van der Waals surface area contributed by atoms with E-state index in [9.17, 15) is 9.36 Å². The van der Waals surface area contributed by atoms with Crippen LogP contribution in [0.3, 0.4) is 0 Å². The van der Waals surface area contributed by atoms with Gasteiger partial charge in [0.15, 0.2) is 0 Å². The van der Waals surface area contributed by atoms with Gasteiger partial charge in [-0.2, -0.15) is 0 Å². The normalized spacial score (nSPS) is 15.8. The Bertz CT molecular complexity index is 587. The van der Waals surface area contributed by atoms with Gasteiger partial charge < -0.3 is 9.26 Å². The standard InChI is InChI=1S/C18H29O4P/c1-13(2)21-17(19)15(4)12-23(20,18(5,6)7)22-16-10-8-9-14(3)11-16/h8-11,13,15H,12H2,1-7H3/t15-,23-/m1/s1. The Labute approximate surface area is 140 Å². The number of hydrogen-bond donors (Lipinski definition) is 0. The van der Waals surface area contributed by atoms with Crippen molar-refractivity contribution in [1.29, 1.82) is 0 Å². The lowest BCUT2D eigenvalue weighted by molar-refractivity contribution is -0.151. The highest BCUT2D eigenvalue weighted by atomic mass is 31.2. The van der Waals surface area contributed by atoms with E-state index in [1.165, 1.54) is 0 Å². The van der Waals surface area contributed by atoms with Gasteiger partial charge in [-0.25, -0.2) is 0 Å². The molecule has 0 bridgehead atoms. The van der Waals surface area contributed by atoms with Gasteiger partial charge in [0.25, 0.3) is 7.37 Å². The molecule has 0 radical (unpaired) electrons. The van der Waals surface area contributed by atoms with Crippen molar-refractivity contribution in [2.75, 3.05) is 6.16 Å². The van der Waals surface area contributed by atoms with Gasteiger partial charge in [0.2, 0.25) is 0 Å². The zero-order valence-corrected chi connectivity index (χ0v) is 16.1. The number of carbonyl (C=O) groups is 1. The van der Waals surface area contributed by atoms with Crippen LogP contribution in [0.25, 0.3) is 0 Å². The SMILES string of the molecule is Cc1cccc(O[P@](=O)(C[C@@H](C)C(=O)OC(C)C)C(C)(C)C)c1. The van der Waals surface area contributed by atoms with Gasteiger partial charge in [0.05, 0.1) is 12.0 Å². The number of rotatable bonds is 6. The molecule has 0 spiro atoms. The summed E-state index contributed by atoms with van der Waals surface area (Å²) in [7, 11) is -3.10. The van der Waals surface area contributed by atoms with Crippen LogP contribution < -0.4 is 4.52 Å². The fraction of sp³-hybridized carbons (Fsp3) is 0.611. The quantitative estimate of drug-likeness (QED) is 0.538. The molecule has 2 atom stereocenters. The molecule has 0 N–H and O–H groups in total. The molecule has 0 aliphatic rings. The highest BCUT2D eigenvalue weighted by molar-refractivity contribution is 7.61. The molecule has 1 aromatic rings. The van der Waals surface area contributed by atoms with Crippen molar-refractivity contribution >= 4 is 13.3 Å². The summed E-state index contributed by atoms with van der Waals surface area (Å²) in [6.45, 7) is 12.9. The van der Waals surface area contributed by atoms with Crippen molar-refractivity contribution in [1.82, 2.24) is 0 Å². The Hall–Kier alpha value is -1.28. The highest BCUT2D eigenvalue weighted by Crippen LogP contribution is 2.59. The number of benzene rings is 1. The first kappa shape index (κ1) is 19.8. The molecule has 0 heterocycles. The van der Waals surface area contributed by atoms with Gasteiger partial charge in [-0.3, -0.25) is 9.36 Å². The summed E-state index contributed by atoms with van der Waals surface area (Å²) in [5.74, 6) is -0.239. The number of hydrogen-bond acceptors (Lipinski definition) is 4. The third kappa shape index (κ3) is 5.69. The second-order valence-electron chi connectivity index (χ2n) is 7.32. The first-order valence-corrected chi connectivity index (χ1v) is 9.81. The van der Waals surface area contributed by atoms with E-state index in [1.807, 2.05) is 45.9 Å². The molecule has 0 aliphatic carbocycles. The summed E-state index contributed by atoms with van der Waals surface area (Å²) in [6.07, 6.45) is -0.0210. The topological polar surface area (TPSA) is 52.6 Å². The second kappa shape index (κ2) is 7.53. The molecule has 1 aromatic carbocycles. The Morgan fingerprint density at radius 3 is 2.30 bits per heavy atom. The van der Waals surface area contributed by atoms with Crippen LogP contribution in [-0.4, -0.2) is 23.4 Å². The Kier molecular flexibility index (Phi) is 6.47. The molecule has 0 saturated heterocycles. The largest absolute Gasteiger partial charge is 0.463 e. The lowest BCUT2D eigenvalue weighted by Gasteiger charge is -2.32. The molecule has 0 fully saturated rings. The predicted molar refractivity (Wildman–Crippen MR) is 94.4 cm³/mol. The van der Waals surface area contributed by atoms with Crippen molar-refractivity contribution < 1.29 is 18.6 Å². The van der Waals surface area contributed by atoms with Crippen molar-refractivity contribution in [3.05, 3.63) is 29.8 Å². The Morgan fingerprint density at radius 2 is 1.83 bits per heavy atom. The van der Waals surface area contributed by atoms with Crippen LogP contribution in [0.15, 0.2) is 24.3 Å². The predicted octanol–water partition coefficient (Wildman–Crippen LogP) is 5.04. The molecule has 0 unspecified atom stereocenters. The summed E-state index contributed by atoms with van der Waals surface area (Å²) in [6, 6.07) is 7.48. The van der Waals surface area contributed by atoms with E-state index in [0.717, 1.165) is 5.56 Å². The fourth-order valence-corrected chi connectivity index (χ4v) is 4.29. The highest BCUT2D eigenvalue weighted by Gasteiger charge is 2.42. The van der Waals surface area contributed by atoms with Gasteiger partial charge in [-0.05, 0) is 38.5 Å². The number of carbonyl (C=O) groups excluding carboxylic acids is 1. The fourth-order valence-electron chi connectivity index (χ4n) is 2.07. The Morgan fingerprint density at radius 1 is 1.22 bits per heavy atom. The third-order valence-electron chi connectivity index (χ3n) is 3.53. The van der Waals surface area contributed by atoms with Crippen LogP contribution in [-0.2, 0) is 14.1 Å². The van der Waals surface area contributed by atoms with Crippen LogP contribution in [0.4, 0.5) is 0 Å². The lowest BCUT2D eigenvalue weighted by atomic mass is 10.2. The van der Waals surface area contributed by atoms with E-state index in [0.29, 0.717) is 5.75 Å². The molecular weight excluding hydrogens is 311 g/mol. The van der Waals surface area contributed by atoms with Crippen molar-refractivity contribution in [3.63, 3.8) is 0 Å². The molecule has 0 saturated carbocycles. The van der Waals surface area contributed by atoms with E-state index >= 15 is 0 Å². The van der Waals surface area contributed by atoms with Gasteiger partial charge in [0, 0.05) is 11.3 Å².